The standard InChI is InChI=1S/C12H12ClNO3/c1-2-7-3-4-8(12(13)14-7)10-5-9(16)11(6-15)17-10/h1,3-4,9-11,15-16H,5-6H2/t9-,10+,11+/m0/s1. The van der Waals surface area contributed by atoms with Crippen molar-refractivity contribution in [2.45, 2.75) is 24.7 Å². The minimum atomic E-state index is -0.687. The molecule has 1 aromatic rings. The van der Waals surface area contributed by atoms with Crippen molar-refractivity contribution in [3.63, 3.8) is 0 Å². The lowest BCUT2D eigenvalue weighted by Gasteiger charge is -2.13. The number of nitrogens with zero attached hydrogens (tertiary/aromatic N) is 1. The molecule has 1 fully saturated rings. The molecule has 0 spiro atoms. The van der Waals surface area contributed by atoms with Gasteiger partial charge in [0.15, 0.2) is 0 Å². The summed E-state index contributed by atoms with van der Waals surface area (Å²) >= 11 is 6.00. The van der Waals surface area contributed by atoms with E-state index in [1.807, 2.05) is 0 Å². The zero-order valence-electron chi connectivity index (χ0n) is 9.01. The second-order valence-electron chi connectivity index (χ2n) is 3.87. The van der Waals surface area contributed by atoms with Crippen molar-refractivity contribution >= 4 is 11.6 Å². The molecule has 0 aliphatic carbocycles. The molecule has 4 nitrogen and oxygen atoms in total. The van der Waals surface area contributed by atoms with Crippen LogP contribution in [0, 0.1) is 12.3 Å². The van der Waals surface area contributed by atoms with Crippen LogP contribution in [-0.4, -0.2) is 34.0 Å². The maximum Gasteiger partial charge on any atom is 0.136 e. The Bertz CT molecular complexity index is 458. The molecule has 17 heavy (non-hydrogen) atoms. The Morgan fingerprint density at radius 3 is 2.88 bits per heavy atom. The highest BCUT2D eigenvalue weighted by Crippen LogP contribution is 2.35. The molecule has 90 valence electrons. The van der Waals surface area contributed by atoms with Gasteiger partial charge in [0.25, 0.3) is 0 Å². The topological polar surface area (TPSA) is 62.6 Å². The van der Waals surface area contributed by atoms with Crippen molar-refractivity contribution in [3.05, 3.63) is 28.5 Å². The summed E-state index contributed by atoms with van der Waals surface area (Å²) in [4.78, 5) is 4.02. The summed E-state index contributed by atoms with van der Waals surface area (Å²) in [6.07, 6.45) is 4.00. The number of terminal acetylenes is 1. The van der Waals surface area contributed by atoms with E-state index in [1.54, 1.807) is 12.1 Å². The van der Waals surface area contributed by atoms with Gasteiger partial charge in [-0.05, 0) is 6.07 Å². The molecular formula is C12H12ClNO3. The monoisotopic (exact) mass is 253 g/mol. The summed E-state index contributed by atoms with van der Waals surface area (Å²) in [5.74, 6) is 2.39. The van der Waals surface area contributed by atoms with Gasteiger partial charge < -0.3 is 14.9 Å². The third-order valence-electron chi connectivity index (χ3n) is 2.78. The molecule has 0 radical (unpaired) electrons. The van der Waals surface area contributed by atoms with Crippen LogP contribution in [0.2, 0.25) is 5.15 Å². The third-order valence-corrected chi connectivity index (χ3v) is 3.08. The van der Waals surface area contributed by atoms with Crippen LogP contribution in [0.5, 0.6) is 0 Å². The van der Waals surface area contributed by atoms with Crippen LogP contribution >= 0.6 is 11.6 Å². The number of aliphatic hydroxyl groups excluding tert-OH is 2. The maximum atomic E-state index is 9.63. The van der Waals surface area contributed by atoms with Crippen molar-refractivity contribution in [2.75, 3.05) is 6.61 Å². The molecule has 0 bridgehead atoms. The van der Waals surface area contributed by atoms with Crippen molar-refractivity contribution in [3.8, 4) is 12.3 Å². The molecule has 1 aliphatic rings. The van der Waals surface area contributed by atoms with E-state index in [0.717, 1.165) is 0 Å². The van der Waals surface area contributed by atoms with E-state index in [9.17, 15) is 5.11 Å². The first kappa shape index (κ1) is 12.3. The van der Waals surface area contributed by atoms with Crippen molar-refractivity contribution in [1.82, 2.24) is 4.98 Å². The number of hydrogen-bond donors (Lipinski definition) is 2. The molecule has 1 saturated heterocycles. The Morgan fingerprint density at radius 1 is 1.59 bits per heavy atom. The van der Waals surface area contributed by atoms with Crippen LogP contribution in [0.3, 0.4) is 0 Å². The zero-order chi connectivity index (χ0) is 12.4. The van der Waals surface area contributed by atoms with Gasteiger partial charge in [0.2, 0.25) is 0 Å². The molecule has 3 atom stereocenters. The van der Waals surface area contributed by atoms with Gasteiger partial charge >= 0.3 is 0 Å². The van der Waals surface area contributed by atoms with Gasteiger partial charge in [-0.15, -0.1) is 6.42 Å². The van der Waals surface area contributed by atoms with Crippen LogP contribution in [0.15, 0.2) is 12.1 Å². The summed E-state index contributed by atoms with van der Waals surface area (Å²) in [5, 5.41) is 18.9. The molecule has 2 rings (SSSR count). The van der Waals surface area contributed by atoms with Crippen LogP contribution in [0.4, 0.5) is 0 Å². The fraction of sp³-hybridized carbons (Fsp3) is 0.417. The van der Waals surface area contributed by atoms with E-state index in [1.165, 1.54) is 0 Å². The lowest BCUT2D eigenvalue weighted by molar-refractivity contribution is -0.0226. The molecule has 5 heteroatoms. The van der Waals surface area contributed by atoms with E-state index >= 15 is 0 Å². The Kier molecular flexibility index (Phi) is 3.65. The molecule has 2 heterocycles. The highest BCUT2D eigenvalue weighted by molar-refractivity contribution is 6.30. The molecular weight excluding hydrogens is 242 g/mol. The first-order valence-electron chi connectivity index (χ1n) is 5.23. The average molecular weight is 254 g/mol. The van der Waals surface area contributed by atoms with Gasteiger partial charge in [-0.3, -0.25) is 0 Å². The Hall–Kier alpha value is -1.12. The number of rotatable bonds is 2. The van der Waals surface area contributed by atoms with E-state index in [2.05, 4.69) is 10.9 Å². The van der Waals surface area contributed by atoms with Gasteiger partial charge in [-0.1, -0.05) is 23.6 Å². The Balaban J connectivity index is 2.22. The van der Waals surface area contributed by atoms with Crippen molar-refractivity contribution in [2.24, 2.45) is 0 Å². The first-order chi connectivity index (χ1) is 8.15. The van der Waals surface area contributed by atoms with E-state index in [-0.39, 0.29) is 17.9 Å². The van der Waals surface area contributed by atoms with Crippen LogP contribution in [0.1, 0.15) is 23.8 Å². The molecule has 0 aromatic carbocycles. The number of ether oxygens (including phenoxy) is 1. The SMILES string of the molecule is C#Cc1ccc([C@H]2C[C@H](O)[C@@H](CO)O2)c(Cl)n1. The highest BCUT2D eigenvalue weighted by atomic mass is 35.5. The summed E-state index contributed by atoms with van der Waals surface area (Å²) < 4.78 is 5.49. The highest BCUT2D eigenvalue weighted by Gasteiger charge is 2.35. The third kappa shape index (κ3) is 2.43. The quantitative estimate of drug-likeness (QED) is 0.607. The predicted molar refractivity (Wildman–Crippen MR) is 62.5 cm³/mol. The van der Waals surface area contributed by atoms with Crippen LogP contribution < -0.4 is 0 Å². The van der Waals surface area contributed by atoms with Crippen molar-refractivity contribution < 1.29 is 14.9 Å². The Morgan fingerprint density at radius 2 is 2.35 bits per heavy atom. The van der Waals surface area contributed by atoms with E-state index in [4.69, 9.17) is 27.9 Å². The minimum absolute atomic E-state index is 0.217. The summed E-state index contributed by atoms with van der Waals surface area (Å²) in [7, 11) is 0. The van der Waals surface area contributed by atoms with Gasteiger partial charge in [0, 0.05) is 12.0 Å². The number of pyridine rings is 1. The van der Waals surface area contributed by atoms with Crippen LogP contribution in [0.25, 0.3) is 0 Å². The maximum absolute atomic E-state index is 9.63. The molecule has 0 unspecified atom stereocenters. The number of halogens is 1. The van der Waals surface area contributed by atoms with Gasteiger partial charge in [0.1, 0.15) is 17.0 Å². The molecule has 0 amide bonds. The van der Waals surface area contributed by atoms with E-state index in [0.29, 0.717) is 17.7 Å². The van der Waals surface area contributed by atoms with E-state index < -0.39 is 12.2 Å². The molecule has 0 saturated carbocycles. The lowest BCUT2D eigenvalue weighted by Crippen LogP contribution is -2.24. The fourth-order valence-corrected chi connectivity index (χ4v) is 2.13. The van der Waals surface area contributed by atoms with Gasteiger partial charge in [-0.25, -0.2) is 4.98 Å². The largest absolute Gasteiger partial charge is 0.394 e. The lowest BCUT2D eigenvalue weighted by atomic mass is 10.1. The zero-order valence-corrected chi connectivity index (χ0v) is 9.76. The summed E-state index contributed by atoms with van der Waals surface area (Å²) in [5.41, 5.74) is 1.14. The Labute approximate surface area is 104 Å². The summed E-state index contributed by atoms with van der Waals surface area (Å²) in [6.45, 7) is -0.217. The molecule has 1 aromatic heterocycles. The summed E-state index contributed by atoms with van der Waals surface area (Å²) in [6, 6.07) is 3.41. The predicted octanol–water partition coefficient (Wildman–Crippen LogP) is 0.899. The second kappa shape index (κ2) is 5.03. The smallest absolute Gasteiger partial charge is 0.136 e. The number of hydrogen-bond acceptors (Lipinski definition) is 4. The first-order valence-corrected chi connectivity index (χ1v) is 5.61. The number of aliphatic hydroxyl groups is 2. The van der Waals surface area contributed by atoms with Gasteiger partial charge in [-0.2, -0.15) is 0 Å². The molecule has 2 N–H and O–H groups in total. The van der Waals surface area contributed by atoms with Crippen LogP contribution in [-0.2, 0) is 4.74 Å². The fourth-order valence-electron chi connectivity index (χ4n) is 1.86. The second-order valence-corrected chi connectivity index (χ2v) is 4.23. The minimum Gasteiger partial charge on any atom is -0.394 e. The van der Waals surface area contributed by atoms with Crippen molar-refractivity contribution in [1.29, 1.82) is 0 Å². The number of aromatic nitrogens is 1. The average Bonchev–Trinajstić information content (AvgIpc) is 2.70. The molecule has 1 aliphatic heterocycles. The van der Waals surface area contributed by atoms with Gasteiger partial charge in [0.05, 0.1) is 18.8 Å². The normalized spacial score (nSPS) is 28.0.